The molecule has 1 N–H and O–H groups in total. The van der Waals surface area contributed by atoms with E-state index in [4.69, 9.17) is 4.74 Å². The van der Waals surface area contributed by atoms with Crippen LogP contribution in [0.2, 0.25) is 0 Å². The van der Waals surface area contributed by atoms with Gasteiger partial charge < -0.3 is 9.57 Å². The van der Waals surface area contributed by atoms with Crippen molar-refractivity contribution in [3.8, 4) is 5.75 Å². The van der Waals surface area contributed by atoms with Gasteiger partial charge in [-0.05, 0) is 18.2 Å². The van der Waals surface area contributed by atoms with E-state index >= 15 is 0 Å². The van der Waals surface area contributed by atoms with Crippen LogP contribution < -0.4 is 10.2 Å². The smallest absolute Gasteiger partial charge is 0.393 e. The van der Waals surface area contributed by atoms with Gasteiger partial charge in [-0.1, -0.05) is 0 Å². The zero-order valence-corrected chi connectivity index (χ0v) is 12.6. The lowest BCUT2D eigenvalue weighted by Crippen LogP contribution is -2.15. The molecule has 0 aliphatic rings. The van der Waals surface area contributed by atoms with Gasteiger partial charge in [0.05, 0.1) is 20.8 Å². The van der Waals surface area contributed by atoms with Crippen molar-refractivity contribution in [1.82, 2.24) is 0 Å². The van der Waals surface area contributed by atoms with Gasteiger partial charge in [0, 0.05) is 18.2 Å². The van der Waals surface area contributed by atoms with E-state index in [2.05, 4.69) is 4.84 Å². The number of non-ortho nitro benzene ring substituents is 2. The minimum Gasteiger partial charge on any atom is -0.393 e. The Morgan fingerprint density at radius 2 is 1.42 bits per heavy atom. The summed E-state index contributed by atoms with van der Waals surface area (Å²) in [5.74, 6) is -0.0689. The monoisotopic (exact) mass is 364 g/mol. The van der Waals surface area contributed by atoms with Crippen LogP contribution in [0.5, 0.6) is 5.75 Å². The molecule has 2 aromatic carbocycles. The molecule has 134 valence electrons. The van der Waals surface area contributed by atoms with Crippen molar-refractivity contribution in [2.75, 3.05) is 5.48 Å². The molecule has 0 aliphatic carbocycles. The second kappa shape index (κ2) is 7.52. The van der Waals surface area contributed by atoms with E-state index in [1.807, 2.05) is 5.48 Å². The third kappa shape index (κ3) is 4.38. The summed E-state index contributed by atoms with van der Waals surface area (Å²) >= 11 is 0. The normalized spacial score (nSPS) is 9.85. The molecule has 2 rings (SSSR count). The van der Waals surface area contributed by atoms with Crippen LogP contribution in [0.25, 0.3) is 0 Å². The van der Waals surface area contributed by atoms with Gasteiger partial charge in [-0.25, -0.2) is 10.3 Å². The molecule has 0 bridgehead atoms. The van der Waals surface area contributed by atoms with Crippen LogP contribution in [0.15, 0.2) is 42.5 Å². The van der Waals surface area contributed by atoms with Gasteiger partial charge in [-0.15, -0.1) is 0 Å². The summed E-state index contributed by atoms with van der Waals surface area (Å²) in [6, 6.07) is 7.12. The number of ether oxygens (including phenoxy) is 1. The molecule has 0 amide bonds. The molecule has 0 atom stereocenters. The molecule has 0 fully saturated rings. The predicted molar refractivity (Wildman–Crippen MR) is 83.6 cm³/mol. The van der Waals surface area contributed by atoms with E-state index in [0.29, 0.717) is 6.07 Å². The van der Waals surface area contributed by atoms with E-state index < -0.39 is 32.3 Å². The molecular weight excluding hydrogens is 356 g/mol. The van der Waals surface area contributed by atoms with Gasteiger partial charge >= 0.3 is 11.8 Å². The Balaban J connectivity index is 2.03. The number of carbonyl (C=O) groups is 1. The highest BCUT2D eigenvalue weighted by Crippen LogP contribution is 2.29. The average molecular weight is 364 g/mol. The van der Waals surface area contributed by atoms with Crippen LogP contribution in [0.4, 0.5) is 27.5 Å². The lowest BCUT2D eigenvalue weighted by Gasteiger charge is -2.07. The molecule has 26 heavy (non-hydrogen) atoms. The number of nitrogens with zero attached hydrogens (tertiary/aromatic N) is 3. The Morgan fingerprint density at radius 1 is 0.846 bits per heavy atom. The van der Waals surface area contributed by atoms with E-state index in [0.717, 1.165) is 36.4 Å². The highest BCUT2D eigenvalue weighted by atomic mass is 16.8. The van der Waals surface area contributed by atoms with Crippen molar-refractivity contribution in [3.05, 3.63) is 72.8 Å². The summed E-state index contributed by atoms with van der Waals surface area (Å²) in [6.45, 7) is 0. The summed E-state index contributed by atoms with van der Waals surface area (Å²) in [4.78, 5) is 45.7. The Kier molecular flexibility index (Phi) is 5.22. The molecule has 0 aliphatic heterocycles. The molecule has 0 radical (unpaired) electrons. The van der Waals surface area contributed by atoms with Crippen LogP contribution in [-0.4, -0.2) is 20.9 Å². The molecule has 0 heterocycles. The number of hydrogen-bond donors (Lipinski definition) is 1. The Labute approximate surface area is 143 Å². The molecule has 0 aromatic heterocycles. The van der Waals surface area contributed by atoms with Crippen molar-refractivity contribution >= 4 is 28.9 Å². The van der Waals surface area contributed by atoms with Crippen molar-refractivity contribution in [3.63, 3.8) is 0 Å². The third-order valence-corrected chi connectivity index (χ3v) is 2.88. The molecule has 0 unspecified atom stereocenters. The standard InChI is InChI=1S/C13H8N4O9/c18-13(25-10-4-1-8(2-5-10)15(19)20)26-14-11-6-3-9(16(21)22)7-12(11)17(23)24/h1-7,14H. The maximum absolute atomic E-state index is 11.5. The van der Waals surface area contributed by atoms with Gasteiger partial charge in [0.1, 0.15) is 11.4 Å². The molecule has 0 saturated heterocycles. The number of hydrogen-bond acceptors (Lipinski definition) is 10. The lowest BCUT2D eigenvalue weighted by atomic mass is 10.2. The number of nitro benzene ring substituents is 3. The number of nitrogens with one attached hydrogen (secondary N) is 1. The lowest BCUT2D eigenvalue weighted by molar-refractivity contribution is -0.393. The number of carbonyl (C=O) groups excluding carboxylic acids is 1. The fraction of sp³-hybridized carbons (Fsp3) is 0. The fourth-order valence-electron chi connectivity index (χ4n) is 1.72. The Morgan fingerprint density at radius 3 is 1.96 bits per heavy atom. The highest BCUT2D eigenvalue weighted by molar-refractivity contribution is 5.69. The summed E-state index contributed by atoms with van der Waals surface area (Å²) in [7, 11) is 0. The van der Waals surface area contributed by atoms with E-state index in [9.17, 15) is 35.1 Å². The number of nitro groups is 3. The molecule has 0 saturated carbocycles. The summed E-state index contributed by atoms with van der Waals surface area (Å²) in [6.07, 6.45) is -1.31. The average Bonchev–Trinajstić information content (AvgIpc) is 2.60. The Bertz CT molecular complexity index is 882. The van der Waals surface area contributed by atoms with Crippen LogP contribution in [0.1, 0.15) is 0 Å². The number of benzene rings is 2. The van der Waals surface area contributed by atoms with Crippen LogP contribution in [-0.2, 0) is 4.84 Å². The fourth-order valence-corrected chi connectivity index (χ4v) is 1.72. The van der Waals surface area contributed by atoms with E-state index in [1.165, 1.54) is 0 Å². The largest absolute Gasteiger partial charge is 0.538 e. The summed E-state index contributed by atoms with van der Waals surface area (Å²) in [5, 5.41) is 32.1. The first-order valence-corrected chi connectivity index (χ1v) is 6.60. The van der Waals surface area contributed by atoms with Crippen LogP contribution >= 0.6 is 0 Å². The first kappa shape index (κ1) is 18.1. The van der Waals surface area contributed by atoms with Crippen LogP contribution in [0.3, 0.4) is 0 Å². The van der Waals surface area contributed by atoms with Gasteiger partial charge in [-0.3, -0.25) is 30.3 Å². The Hall–Kier alpha value is -4.29. The quantitative estimate of drug-likeness (QED) is 0.347. The first-order valence-electron chi connectivity index (χ1n) is 6.60. The van der Waals surface area contributed by atoms with Crippen molar-refractivity contribution in [1.29, 1.82) is 0 Å². The third-order valence-electron chi connectivity index (χ3n) is 2.88. The van der Waals surface area contributed by atoms with E-state index in [1.54, 1.807) is 0 Å². The molecule has 0 spiro atoms. The highest BCUT2D eigenvalue weighted by Gasteiger charge is 2.21. The van der Waals surface area contributed by atoms with Gasteiger partial charge in [0.15, 0.2) is 0 Å². The number of rotatable bonds is 6. The van der Waals surface area contributed by atoms with Crippen LogP contribution in [0, 0.1) is 30.3 Å². The second-order valence-corrected chi connectivity index (χ2v) is 4.52. The van der Waals surface area contributed by atoms with Gasteiger partial charge in [-0.2, -0.15) is 0 Å². The summed E-state index contributed by atoms with van der Waals surface area (Å²) < 4.78 is 4.71. The SMILES string of the molecule is O=C(ONc1ccc([N+](=O)[O-])cc1[N+](=O)[O-])Oc1ccc([N+](=O)[O-])cc1. The maximum atomic E-state index is 11.5. The van der Waals surface area contributed by atoms with Crippen molar-refractivity contribution in [2.45, 2.75) is 0 Å². The van der Waals surface area contributed by atoms with Crippen molar-refractivity contribution in [2.24, 2.45) is 0 Å². The molecule has 13 heteroatoms. The summed E-state index contributed by atoms with van der Waals surface area (Å²) in [5.41, 5.74) is 0.218. The van der Waals surface area contributed by atoms with Gasteiger partial charge in [0.25, 0.3) is 11.4 Å². The number of anilines is 1. The molecule has 2 aromatic rings. The maximum Gasteiger partial charge on any atom is 0.538 e. The second-order valence-electron chi connectivity index (χ2n) is 4.52. The topological polar surface area (TPSA) is 177 Å². The molecule has 13 nitrogen and oxygen atoms in total. The zero-order valence-electron chi connectivity index (χ0n) is 12.6. The van der Waals surface area contributed by atoms with Gasteiger partial charge in [0.2, 0.25) is 0 Å². The molecular formula is C13H8N4O9. The van der Waals surface area contributed by atoms with E-state index in [-0.39, 0.29) is 17.1 Å². The predicted octanol–water partition coefficient (Wildman–Crippen LogP) is 2.95. The minimum absolute atomic E-state index is 0.0689. The first-order chi connectivity index (χ1) is 12.3. The van der Waals surface area contributed by atoms with Crippen molar-refractivity contribution < 1.29 is 29.1 Å². The minimum atomic E-state index is -1.31. The zero-order chi connectivity index (χ0) is 19.3.